The van der Waals surface area contributed by atoms with Gasteiger partial charge in [-0.3, -0.25) is 0 Å². The maximum Gasteiger partial charge on any atom is 0.286 e. The predicted molar refractivity (Wildman–Crippen MR) is 99.1 cm³/mol. The Morgan fingerprint density at radius 2 is 1.32 bits per heavy atom. The molecule has 0 unspecified atom stereocenters. The monoisotopic (exact) mass is 383 g/mol. The average Bonchev–Trinajstić information content (AvgIpc) is 2.32. The Labute approximate surface area is 144 Å². The molecule has 0 saturated carbocycles. The Hall–Kier alpha value is 0.628. The first-order valence-corrected chi connectivity index (χ1v) is 12.7. The molecule has 0 aromatic carbocycles. The molecule has 0 aromatic rings. The maximum atomic E-state index is 5.86. The first kappa shape index (κ1) is 20.7. The van der Waals surface area contributed by atoms with Gasteiger partial charge in [0, 0.05) is 17.7 Å². The molecule has 22 heavy (non-hydrogen) atoms. The van der Waals surface area contributed by atoms with Crippen LogP contribution in [0.1, 0.15) is 53.9 Å². The molecule has 0 radical (unpaired) electrons. The Kier molecular flexibility index (Phi) is 9.85. The van der Waals surface area contributed by atoms with Crippen LogP contribution in [-0.2, 0) is 21.2 Å². The summed E-state index contributed by atoms with van der Waals surface area (Å²) in [6.45, 7) is 12.1. The fraction of sp³-hybridized carbons (Fsp3) is 1.00. The van der Waals surface area contributed by atoms with Crippen molar-refractivity contribution >= 4 is 40.0 Å². The van der Waals surface area contributed by atoms with Gasteiger partial charge in [-0.25, -0.2) is 0 Å². The van der Waals surface area contributed by atoms with Crippen LogP contribution in [0.3, 0.4) is 0 Å². The zero-order valence-electron chi connectivity index (χ0n) is 14.8. The fourth-order valence-electron chi connectivity index (χ4n) is 3.00. The Balaban J connectivity index is 0.000000255. The Bertz CT molecular complexity index is 269. The molecule has 6 nitrogen and oxygen atoms in total. The van der Waals surface area contributed by atoms with E-state index in [0.29, 0.717) is 6.10 Å². The molecule has 10 heteroatoms. The van der Waals surface area contributed by atoms with Gasteiger partial charge in [-0.1, -0.05) is 6.92 Å². The second-order valence-electron chi connectivity index (χ2n) is 7.08. The zero-order valence-corrected chi connectivity index (χ0v) is 20.4. The molecular weight excluding hydrogens is 350 g/mol. The molecule has 2 heterocycles. The number of rotatable bonds is 3. The molecule has 0 atom stereocenters. The Morgan fingerprint density at radius 3 is 1.68 bits per heavy atom. The smallest absolute Gasteiger partial charge is 0.286 e. The minimum atomic E-state index is -0.653. The zero-order chi connectivity index (χ0) is 16.5. The molecule has 0 bridgehead atoms. The third-order valence-electron chi connectivity index (χ3n) is 3.38. The quantitative estimate of drug-likeness (QED) is 0.617. The van der Waals surface area contributed by atoms with Gasteiger partial charge >= 0.3 is 0 Å². The largest absolute Gasteiger partial charge is 0.425 e. The van der Waals surface area contributed by atoms with Gasteiger partial charge < -0.3 is 26.5 Å². The molecule has 1 N–H and O–H groups in total. The standard InChI is InChI=1S/C12H25NO.H8O4Si4/c1-6-7-14-10-8-11(2,3)13-12(4,5)9-10;1-5-2-7-4-8-3-6-1/h10,13H,6-9H2,1-5H3;5-8H2. The third kappa shape index (κ3) is 9.70. The normalized spacial score (nSPS) is 29.9. The minimum absolute atomic E-state index is 0.208. The number of ether oxygens (including phenoxy) is 1. The van der Waals surface area contributed by atoms with E-state index >= 15 is 0 Å². The molecule has 0 spiro atoms. The molecule has 2 aliphatic rings. The van der Waals surface area contributed by atoms with Crippen LogP contribution in [0.25, 0.3) is 0 Å². The molecule has 132 valence electrons. The van der Waals surface area contributed by atoms with E-state index in [4.69, 9.17) is 21.2 Å². The van der Waals surface area contributed by atoms with E-state index < -0.39 is 40.0 Å². The van der Waals surface area contributed by atoms with Crippen LogP contribution in [0.4, 0.5) is 0 Å². The molecule has 0 aliphatic carbocycles. The second-order valence-corrected chi connectivity index (χ2v) is 14.6. The van der Waals surface area contributed by atoms with Crippen LogP contribution in [0.2, 0.25) is 0 Å². The van der Waals surface area contributed by atoms with Crippen LogP contribution in [-0.4, -0.2) is 63.8 Å². The summed E-state index contributed by atoms with van der Waals surface area (Å²) in [5.41, 5.74) is 0.417. The van der Waals surface area contributed by atoms with E-state index in [0.717, 1.165) is 25.9 Å². The lowest BCUT2D eigenvalue weighted by atomic mass is 9.81. The summed E-state index contributed by atoms with van der Waals surface area (Å²) in [4.78, 5) is 0. The van der Waals surface area contributed by atoms with E-state index in [-0.39, 0.29) is 11.1 Å². The van der Waals surface area contributed by atoms with Gasteiger partial charge in [-0.15, -0.1) is 0 Å². The van der Waals surface area contributed by atoms with Crippen molar-refractivity contribution in [1.29, 1.82) is 0 Å². The van der Waals surface area contributed by atoms with Crippen molar-refractivity contribution in [2.75, 3.05) is 6.61 Å². The van der Waals surface area contributed by atoms with Crippen molar-refractivity contribution in [3.8, 4) is 0 Å². The molecule has 2 saturated heterocycles. The topological polar surface area (TPSA) is 58.2 Å². The van der Waals surface area contributed by atoms with Crippen molar-refractivity contribution in [2.24, 2.45) is 0 Å². The SMILES string of the molecule is CCCOC1CC(C)(C)NC(C)(C)C1.O1[SiH2]O[SiH2]O[SiH2]O[SiH2]1. The summed E-state index contributed by atoms with van der Waals surface area (Å²) in [6.07, 6.45) is 3.79. The van der Waals surface area contributed by atoms with Crippen LogP contribution in [0.5, 0.6) is 0 Å². The first-order valence-electron chi connectivity index (χ1n) is 8.06. The highest BCUT2D eigenvalue weighted by atomic mass is 28.4. The minimum Gasteiger partial charge on any atom is -0.425 e. The van der Waals surface area contributed by atoms with Gasteiger partial charge in [0.1, 0.15) is 0 Å². The van der Waals surface area contributed by atoms with Crippen molar-refractivity contribution in [3.05, 3.63) is 0 Å². The van der Waals surface area contributed by atoms with Crippen molar-refractivity contribution in [1.82, 2.24) is 5.32 Å². The summed E-state index contributed by atoms with van der Waals surface area (Å²) in [7, 11) is -2.61. The van der Waals surface area contributed by atoms with E-state index in [1.807, 2.05) is 0 Å². The molecular formula is C12H33NO5Si4. The second kappa shape index (κ2) is 10.5. The van der Waals surface area contributed by atoms with Gasteiger partial charge in [-0.2, -0.15) is 0 Å². The predicted octanol–water partition coefficient (Wildman–Crippen LogP) is -1.22. The van der Waals surface area contributed by atoms with Crippen molar-refractivity contribution in [2.45, 2.75) is 71.1 Å². The summed E-state index contributed by atoms with van der Waals surface area (Å²) in [5.74, 6) is 0. The summed E-state index contributed by atoms with van der Waals surface area (Å²) < 4.78 is 26.3. The molecule has 2 aliphatic heterocycles. The molecule has 2 rings (SSSR count). The van der Waals surface area contributed by atoms with Gasteiger partial charge in [0.05, 0.1) is 6.10 Å². The third-order valence-corrected chi connectivity index (χ3v) is 8.71. The number of hydrogen-bond acceptors (Lipinski definition) is 6. The molecule has 0 amide bonds. The van der Waals surface area contributed by atoms with E-state index in [9.17, 15) is 0 Å². The average molecular weight is 384 g/mol. The lowest BCUT2D eigenvalue weighted by Gasteiger charge is -2.46. The number of piperidine rings is 1. The highest BCUT2D eigenvalue weighted by molar-refractivity contribution is 6.50. The highest BCUT2D eigenvalue weighted by Gasteiger charge is 2.37. The highest BCUT2D eigenvalue weighted by Crippen LogP contribution is 2.30. The van der Waals surface area contributed by atoms with Crippen LogP contribution in [0, 0.1) is 0 Å². The lowest BCUT2D eigenvalue weighted by molar-refractivity contribution is -0.0213. The van der Waals surface area contributed by atoms with Gasteiger partial charge in [0.15, 0.2) is 0 Å². The first-order chi connectivity index (χ1) is 10.3. The summed E-state index contributed by atoms with van der Waals surface area (Å²) in [6, 6.07) is 0. The van der Waals surface area contributed by atoms with Crippen LogP contribution < -0.4 is 5.32 Å². The number of hydrogen-bond donors (Lipinski definition) is 1. The van der Waals surface area contributed by atoms with E-state index in [1.54, 1.807) is 0 Å². The molecule has 0 aromatic heterocycles. The summed E-state index contributed by atoms with van der Waals surface area (Å²) in [5, 5.41) is 3.66. The maximum absolute atomic E-state index is 5.86. The van der Waals surface area contributed by atoms with Crippen molar-refractivity contribution < 1.29 is 21.2 Å². The van der Waals surface area contributed by atoms with Crippen molar-refractivity contribution in [3.63, 3.8) is 0 Å². The van der Waals surface area contributed by atoms with Gasteiger partial charge in [0.2, 0.25) is 0 Å². The lowest BCUT2D eigenvalue weighted by Crippen LogP contribution is -2.59. The van der Waals surface area contributed by atoms with E-state index in [1.165, 1.54) is 0 Å². The molecule has 2 fully saturated rings. The fourth-order valence-corrected chi connectivity index (χ4v) is 10.2. The van der Waals surface area contributed by atoms with Gasteiger partial charge in [-0.05, 0) is 47.0 Å². The van der Waals surface area contributed by atoms with Crippen LogP contribution >= 0.6 is 0 Å². The summed E-state index contributed by atoms with van der Waals surface area (Å²) >= 11 is 0. The Morgan fingerprint density at radius 1 is 0.909 bits per heavy atom. The number of nitrogens with one attached hydrogen (secondary N) is 1. The van der Waals surface area contributed by atoms with E-state index in [2.05, 4.69) is 39.9 Å². The van der Waals surface area contributed by atoms with Gasteiger partial charge in [0.25, 0.3) is 40.0 Å². The van der Waals surface area contributed by atoms with Crippen LogP contribution in [0.15, 0.2) is 0 Å².